The Morgan fingerprint density at radius 1 is 1.32 bits per heavy atom. The summed E-state index contributed by atoms with van der Waals surface area (Å²) in [4.78, 5) is 12.1. The average Bonchev–Trinajstić information content (AvgIpc) is 2.51. The third-order valence-electron chi connectivity index (χ3n) is 4.20. The van der Waals surface area contributed by atoms with Crippen LogP contribution in [0.4, 0.5) is 10.5 Å². The molecular formula is C17H26N2O3. The highest BCUT2D eigenvalue weighted by Crippen LogP contribution is 2.24. The van der Waals surface area contributed by atoms with Crippen LogP contribution in [-0.2, 0) is 0 Å². The molecule has 0 aromatic heterocycles. The molecule has 22 heavy (non-hydrogen) atoms. The highest BCUT2D eigenvalue weighted by atomic mass is 16.5. The van der Waals surface area contributed by atoms with Gasteiger partial charge < -0.3 is 20.5 Å². The molecule has 5 nitrogen and oxygen atoms in total. The molecular weight excluding hydrogens is 280 g/mol. The van der Waals surface area contributed by atoms with Crippen molar-refractivity contribution >= 4 is 11.7 Å². The van der Waals surface area contributed by atoms with Crippen molar-refractivity contribution in [3.05, 3.63) is 23.8 Å². The molecule has 0 heterocycles. The maximum absolute atomic E-state index is 12.1. The highest BCUT2D eigenvalue weighted by molar-refractivity contribution is 5.90. The van der Waals surface area contributed by atoms with Crippen LogP contribution < -0.4 is 15.4 Å². The molecule has 0 spiro atoms. The summed E-state index contributed by atoms with van der Waals surface area (Å²) >= 11 is 0. The molecule has 0 aliphatic heterocycles. The predicted molar refractivity (Wildman–Crippen MR) is 87.3 cm³/mol. The van der Waals surface area contributed by atoms with Crippen LogP contribution in [0.1, 0.15) is 38.2 Å². The molecule has 1 fully saturated rings. The summed E-state index contributed by atoms with van der Waals surface area (Å²) in [5, 5.41) is 15.0. The third-order valence-corrected chi connectivity index (χ3v) is 4.20. The van der Waals surface area contributed by atoms with Gasteiger partial charge in [0, 0.05) is 18.3 Å². The largest absolute Gasteiger partial charge is 0.494 e. The Bertz CT molecular complexity index is 497. The van der Waals surface area contributed by atoms with Gasteiger partial charge in [-0.1, -0.05) is 0 Å². The van der Waals surface area contributed by atoms with Crippen LogP contribution in [-0.4, -0.2) is 30.4 Å². The Morgan fingerprint density at radius 2 is 2.05 bits per heavy atom. The molecule has 122 valence electrons. The number of anilines is 1. The SMILES string of the molecule is CCOc1ccc(NC(=O)NC2CCC(CO)CC2)c(C)c1. The normalized spacial score (nSPS) is 21.2. The van der Waals surface area contributed by atoms with Crippen molar-refractivity contribution in [3.8, 4) is 5.75 Å². The number of hydrogen-bond acceptors (Lipinski definition) is 3. The second-order valence-electron chi connectivity index (χ2n) is 5.91. The number of ether oxygens (including phenoxy) is 1. The van der Waals surface area contributed by atoms with E-state index in [9.17, 15) is 4.79 Å². The van der Waals surface area contributed by atoms with Crippen molar-refractivity contribution in [1.82, 2.24) is 5.32 Å². The van der Waals surface area contributed by atoms with Gasteiger partial charge in [-0.05, 0) is 69.2 Å². The summed E-state index contributed by atoms with van der Waals surface area (Å²) in [5.41, 5.74) is 1.77. The van der Waals surface area contributed by atoms with Gasteiger partial charge in [-0.15, -0.1) is 0 Å². The van der Waals surface area contributed by atoms with Gasteiger partial charge in [0.2, 0.25) is 0 Å². The van der Waals surface area contributed by atoms with E-state index in [1.807, 2.05) is 32.0 Å². The van der Waals surface area contributed by atoms with Crippen molar-refractivity contribution in [2.45, 2.75) is 45.6 Å². The number of aliphatic hydroxyl groups excluding tert-OH is 1. The van der Waals surface area contributed by atoms with E-state index in [0.717, 1.165) is 42.7 Å². The molecule has 1 aromatic rings. The Balaban J connectivity index is 1.84. The number of carbonyl (C=O) groups excluding carboxylic acids is 1. The standard InChI is InChI=1S/C17H26N2O3/c1-3-22-15-8-9-16(12(2)10-15)19-17(21)18-14-6-4-13(11-20)5-7-14/h8-10,13-14,20H,3-7,11H2,1-2H3,(H2,18,19,21). The first-order chi connectivity index (χ1) is 10.6. The van der Waals surface area contributed by atoms with Crippen LogP contribution in [0.3, 0.4) is 0 Å². The lowest BCUT2D eigenvalue weighted by atomic mass is 9.87. The average molecular weight is 306 g/mol. The number of aliphatic hydroxyl groups is 1. The minimum atomic E-state index is -0.167. The fourth-order valence-electron chi connectivity index (χ4n) is 2.87. The van der Waals surface area contributed by atoms with Crippen molar-refractivity contribution in [2.75, 3.05) is 18.5 Å². The summed E-state index contributed by atoms with van der Waals surface area (Å²) in [6.07, 6.45) is 3.81. The molecule has 1 aliphatic carbocycles. The number of hydrogen-bond donors (Lipinski definition) is 3. The fraction of sp³-hybridized carbons (Fsp3) is 0.588. The molecule has 1 aliphatic rings. The number of carbonyl (C=O) groups is 1. The van der Waals surface area contributed by atoms with Gasteiger partial charge >= 0.3 is 6.03 Å². The fourth-order valence-corrected chi connectivity index (χ4v) is 2.87. The van der Waals surface area contributed by atoms with Crippen molar-refractivity contribution in [3.63, 3.8) is 0 Å². The van der Waals surface area contributed by atoms with Gasteiger partial charge in [0.15, 0.2) is 0 Å². The number of amides is 2. The van der Waals surface area contributed by atoms with Gasteiger partial charge in [0.05, 0.1) is 6.61 Å². The minimum Gasteiger partial charge on any atom is -0.494 e. The Morgan fingerprint density at radius 3 is 2.64 bits per heavy atom. The van der Waals surface area contributed by atoms with E-state index in [1.165, 1.54) is 0 Å². The van der Waals surface area contributed by atoms with E-state index in [1.54, 1.807) is 0 Å². The molecule has 0 bridgehead atoms. The van der Waals surface area contributed by atoms with Crippen LogP contribution in [0.15, 0.2) is 18.2 Å². The lowest BCUT2D eigenvalue weighted by Gasteiger charge is -2.28. The first kappa shape index (κ1) is 16.6. The van der Waals surface area contributed by atoms with Gasteiger partial charge in [-0.3, -0.25) is 0 Å². The Hall–Kier alpha value is -1.75. The van der Waals surface area contributed by atoms with Crippen LogP contribution >= 0.6 is 0 Å². The van der Waals surface area contributed by atoms with Crippen LogP contribution in [0.25, 0.3) is 0 Å². The third kappa shape index (κ3) is 4.63. The van der Waals surface area contributed by atoms with Crippen molar-refractivity contribution < 1.29 is 14.6 Å². The lowest BCUT2D eigenvalue weighted by Crippen LogP contribution is -2.40. The summed E-state index contributed by atoms with van der Waals surface area (Å²) in [6, 6.07) is 5.68. The van der Waals surface area contributed by atoms with Gasteiger partial charge in [0.1, 0.15) is 5.75 Å². The van der Waals surface area contributed by atoms with Gasteiger partial charge in [-0.2, -0.15) is 0 Å². The molecule has 0 saturated heterocycles. The predicted octanol–water partition coefficient (Wildman–Crippen LogP) is 3.07. The zero-order valence-corrected chi connectivity index (χ0v) is 13.4. The Labute approximate surface area is 132 Å². The lowest BCUT2D eigenvalue weighted by molar-refractivity contribution is 0.176. The van der Waals surface area contributed by atoms with E-state index in [-0.39, 0.29) is 18.7 Å². The molecule has 0 atom stereocenters. The molecule has 0 radical (unpaired) electrons. The number of nitrogens with one attached hydrogen (secondary N) is 2. The zero-order valence-electron chi connectivity index (χ0n) is 13.4. The second kappa shape index (κ2) is 8.03. The topological polar surface area (TPSA) is 70.6 Å². The van der Waals surface area contributed by atoms with Crippen molar-refractivity contribution in [1.29, 1.82) is 0 Å². The number of benzene rings is 1. The van der Waals surface area contributed by atoms with Crippen LogP contribution in [0.2, 0.25) is 0 Å². The summed E-state index contributed by atoms with van der Waals surface area (Å²) in [5.74, 6) is 1.21. The van der Waals surface area contributed by atoms with Crippen LogP contribution in [0.5, 0.6) is 5.75 Å². The summed E-state index contributed by atoms with van der Waals surface area (Å²) in [7, 11) is 0. The summed E-state index contributed by atoms with van der Waals surface area (Å²) in [6.45, 7) is 4.78. The van der Waals surface area contributed by atoms with Crippen molar-refractivity contribution in [2.24, 2.45) is 5.92 Å². The van der Waals surface area contributed by atoms with E-state index >= 15 is 0 Å². The monoisotopic (exact) mass is 306 g/mol. The number of urea groups is 1. The highest BCUT2D eigenvalue weighted by Gasteiger charge is 2.21. The van der Waals surface area contributed by atoms with E-state index in [0.29, 0.717) is 12.5 Å². The van der Waals surface area contributed by atoms with E-state index in [2.05, 4.69) is 10.6 Å². The number of rotatable bonds is 5. The molecule has 2 rings (SSSR count). The minimum absolute atomic E-state index is 0.167. The maximum Gasteiger partial charge on any atom is 0.319 e. The molecule has 2 amide bonds. The number of aryl methyl sites for hydroxylation is 1. The molecule has 3 N–H and O–H groups in total. The molecule has 1 saturated carbocycles. The molecule has 5 heteroatoms. The van der Waals surface area contributed by atoms with Crippen LogP contribution in [0, 0.1) is 12.8 Å². The quantitative estimate of drug-likeness (QED) is 0.783. The van der Waals surface area contributed by atoms with Gasteiger partial charge in [-0.25, -0.2) is 4.79 Å². The van der Waals surface area contributed by atoms with E-state index in [4.69, 9.17) is 9.84 Å². The van der Waals surface area contributed by atoms with E-state index < -0.39 is 0 Å². The second-order valence-corrected chi connectivity index (χ2v) is 5.91. The smallest absolute Gasteiger partial charge is 0.319 e. The Kier molecular flexibility index (Phi) is 6.07. The zero-order chi connectivity index (χ0) is 15.9. The maximum atomic E-state index is 12.1. The molecule has 1 aromatic carbocycles. The first-order valence-corrected chi connectivity index (χ1v) is 8.04. The first-order valence-electron chi connectivity index (χ1n) is 8.04. The molecule has 0 unspecified atom stereocenters. The summed E-state index contributed by atoms with van der Waals surface area (Å²) < 4.78 is 5.44. The van der Waals surface area contributed by atoms with Gasteiger partial charge in [0.25, 0.3) is 0 Å².